The van der Waals surface area contributed by atoms with Crippen molar-refractivity contribution in [1.82, 2.24) is 0 Å². The minimum Gasteiger partial charge on any atom is -0.216 e. The highest BCUT2D eigenvalue weighted by molar-refractivity contribution is 7.95. The number of rotatable bonds is 0. The Kier molecular flexibility index (Phi) is 3.74. The lowest BCUT2D eigenvalue weighted by molar-refractivity contribution is -0.137. The first kappa shape index (κ1) is 13.9. The molecule has 0 aliphatic rings. The molecule has 0 amide bonds. The summed E-state index contributed by atoms with van der Waals surface area (Å²) in [7, 11) is -3.52. The monoisotopic (exact) mass is 282 g/mol. The number of benzene rings is 1. The van der Waals surface area contributed by atoms with Crippen LogP contribution in [0.4, 0.5) is 13.2 Å². The molecule has 92 valence electrons. The summed E-state index contributed by atoms with van der Waals surface area (Å²) in [6, 6.07) is 2.52. The molecule has 1 aromatic carbocycles. The van der Waals surface area contributed by atoms with Gasteiger partial charge in [0.25, 0.3) is 0 Å². The highest BCUT2D eigenvalue weighted by atomic mass is 35.5. The summed E-state index contributed by atoms with van der Waals surface area (Å²) in [6.45, 7) is 0. The van der Waals surface area contributed by atoms with Crippen molar-refractivity contribution >= 4 is 21.4 Å². The Labute approximate surface area is 101 Å². The lowest BCUT2D eigenvalue weighted by atomic mass is 10.1. The molecule has 7 heteroatoms. The van der Waals surface area contributed by atoms with Gasteiger partial charge in [0.05, 0.1) is 16.8 Å². The quantitative estimate of drug-likeness (QED) is 0.686. The van der Waals surface area contributed by atoms with Gasteiger partial charge in [-0.25, -0.2) is 8.42 Å². The smallest absolute Gasteiger partial charge is 0.216 e. The molecule has 0 N–H and O–H groups in total. The van der Waals surface area contributed by atoms with Gasteiger partial charge in [0, 0.05) is 10.8 Å². The van der Waals surface area contributed by atoms with E-state index in [4.69, 9.17) is 11.6 Å². The third-order valence-corrected chi connectivity index (χ3v) is 2.45. The van der Waals surface area contributed by atoms with Crippen LogP contribution in [-0.4, -0.2) is 14.7 Å². The van der Waals surface area contributed by atoms with E-state index in [1.807, 2.05) is 5.25 Å². The largest absolute Gasteiger partial charge is 0.416 e. The number of halogens is 4. The lowest BCUT2D eigenvalue weighted by Gasteiger charge is -2.07. The van der Waals surface area contributed by atoms with Gasteiger partial charge in [0.15, 0.2) is 0 Å². The predicted octanol–water partition coefficient (Wildman–Crippen LogP) is 2.71. The molecule has 1 rings (SSSR count). The van der Waals surface area contributed by atoms with Crippen LogP contribution in [0.1, 0.15) is 11.1 Å². The van der Waals surface area contributed by atoms with Crippen LogP contribution in [0.5, 0.6) is 0 Å². The fourth-order valence-corrected chi connectivity index (χ4v) is 1.46. The second kappa shape index (κ2) is 4.59. The van der Waals surface area contributed by atoms with Gasteiger partial charge in [-0.2, -0.15) is 13.2 Å². The van der Waals surface area contributed by atoms with E-state index in [9.17, 15) is 21.6 Å². The van der Waals surface area contributed by atoms with Gasteiger partial charge in [0.1, 0.15) is 0 Å². The minimum absolute atomic E-state index is 0.0325. The zero-order chi connectivity index (χ0) is 13.3. The van der Waals surface area contributed by atoms with Crippen molar-refractivity contribution in [3.8, 4) is 11.2 Å². The van der Waals surface area contributed by atoms with Crippen LogP contribution in [0.25, 0.3) is 0 Å². The first-order valence-corrected chi connectivity index (χ1v) is 6.46. The van der Waals surface area contributed by atoms with Crippen LogP contribution in [0.3, 0.4) is 0 Å². The Morgan fingerprint density at radius 1 is 1.29 bits per heavy atom. The average molecular weight is 283 g/mol. The van der Waals surface area contributed by atoms with Gasteiger partial charge in [-0.3, -0.25) is 0 Å². The van der Waals surface area contributed by atoms with E-state index in [0.717, 1.165) is 18.4 Å². The van der Waals surface area contributed by atoms with E-state index >= 15 is 0 Å². The molecule has 0 radical (unpaired) electrons. The number of sulfone groups is 1. The maximum Gasteiger partial charge on any atom is 0.416 e. The van der Waals surface area contributed by atoms with Crippen LogP contribution >= 0.6 is 11.6 Å². The minimum atomic E-state index is -4.49. The van der Waals surface area contributed by atoms with E-state index in [0.29, 0.717) is 6.07 Å². The average Bonchev–Trinajstić information content (AvgIpc) is 2.12. The Bertz CT molecular complexity index is 594. The van der Waals surface area contributed by atoms with Gasteiger partial charge in [0.2, 0.25) is 9.84 Å². The van der Waals surface area contributed by atoms with Crippen molar-refractivity contribution < 1.29 is 21.6 Å². The van der Waals surface area contributed by atoms with Crippen molar-refractivity contribution in [2.45, 2.75) is 6.18 Å². The van der Waals surface area contributed by atoms with Crippen LogP contribution in [-0.2, 0) is 16.0 Å². The fourth-order valence-electron chi connectivity index (χ4n) is 0.940. The van der Waals surface area contributed by atoms with E-state index in [1.54, 1.807) is 0 Å². The molecule has 1 aromatic rings. The first-order chi connectivity index (χ1) is 7.59. The van der Waals surface area contributed by atoms with Gasteiger partial charge in [-0.1, -0.05) is 11.6 Å². The Hall–Kier alpha value is -1.19. The summed E-state index contributed by atoms with van der Waals surface area (Å²) < 4.78 is 58.3. The molecule has 0 unspecified atom stereocenters. The van der Waals surface area contributed by atoms with Crippen molar-refractivity contribution in [2.24, 2.45) is 0 Å². The number of hydrogen-bond acceptors (Lipinski definition) is 2. The first-order valence-electron chi connectivity index (χ1n) is 4.19. The van der Waals surface area contributed by atoms with Crippen molar-refractivity contribution in [2.75, 3.05) is 6.26 Å². The van der Waals surface area contributed by atoms with Crippen molar-refractivity contribution in [3.05, 3.63) is 34.3 Å². The molecule has 0 saturated heterocycles. The summed E-state index contributed by atoms with van der Waals surface area (Å²) in [4.78, 5) is 0. The third-order valence-electron chi connectivity index (χ3n) is 1.67. The maximum absolute atomic E-state index is 12.3. The Balaban J connectivity index is 3.19. The zero-order valence-corrected chi connectivity index (χ0v) is 10.0. The van der Waals surface area contributed by atoms with E-state index in [2.05, 4.69) is 5.92 Å². The standard InChI is InChI=1S/C10H6ClF3O2S/c1-17(15,16)5-4-7-2-3-8(6-9(7)11)10(12,13)14/h2-3,6H,1H3. The van der Waals surface area contributed by atoms with Gasteiger partial charge >= 0.3 is 6.18 Å². The molecular weight excluding hydrogens is 277 g/mol. The van der Waals surface area contributed by atoms with Crippen LogP contribution in [0.15, 0.2) is 18.2 Å². The molecule has 0 aliphatic heterocycles. The third kappa shape index (κ3) is 4.29. The number of hydrogen-bond donors (Lipinski definition) is 0. The summed E-state index contributed by atoms with van der Waals surface area (Å²) in [5.74, 6) is 2.19. The lowest BCUT2D eigenvalue weighted by Crippen LogP contribution is -2.04. The second-order valence-electron chi connectivity index (χ2n) is 3.19. The SMILES string of the molecule is CS(=O)(=O)C#Cc1ccc(C(F)(F)F)cc1Cl. The van der Waals surface area contributed by atoms with E-state index < -0.39 is 21.6 Å². The van der Waals surface area contributed by atoms with E-state index in [-0.39, 0.29) is 10.6 Å². The van der Waals surface area contributed by atoms with Gasteiger partial charge < -0.3 is 0 Å². The topological polar surface area (TPSA) is 34.1 Å². The zero-order valence-electron chi connectivity index (χ0n) is 8.47. The second-order valence-corrected chi connectivity index (χ2v) is 5.35. The summed E-state index contributed by atoms with van der Waals surface area (Å²) in [5, 5.41) is 1.65. The Morgan fingerprint density at radius 3 is 2.29 bits per heavy atom. The molecule has 0 fully saturated rings. The molecule has 0 bridgehead atoms. The highest BCUT2D eigenvalue weighted by Gasteiger charge is 2.30. The van der Waals surface area contributed by atoms with E-state index in [1.165, 1.54) is 0 Å². The fraction of sp³-hybridized carbons (Fsp3) is 0.200. The maximum atomic E-state index is 12.3. The van der Waals surface area contributed by atoms with Gasteiger partial charge in [-0.15, -0.1) is 0 Å². The highest BCUT2D eigenvalue weighted by Crippen LogP contribution is 2.31. The normalized spacial score (nSPS) is 11.8. The molecule has 2 nitrogen and oxygen atoms in total. The van der Waals surface area contributed by atoms with Crippen LogP contribution in [0.2, 0.25) is 5.02 Å². The molecule has 17 heavy (non-hydrogen) atoms. The van der Waals surface area contributed by atoms with Crippen LogP contribution in [0, 0.1) is 11.2 Å². The summed E-state index contributed by atoms with van der Waals surface area (Å²) in [6.07, 6.45) is -3.61. The summed E-state index contributed by atoms with van der Waals surface area (Å²) >= 11 is 5.57. The molecule has 0 atom stereocenters. The van der Waals surface area contributed by atoms with Crippen molar-refractivity contribution in [1.29, 1.82) is 0 Å². The van der Waals surface area contributed by atoms with Gasteiger partial charge in [-0.05, 0) is 24.1 Å². The van der Waals surface area contributed by atoms with Crippen LogP contribution < -0.4 is 0 Å². The molecule has 0 aliphatic carbocycles. The number of alkyl halides is 3. The molecular formula is C10H6ClF3O2S. The molecule has 0 spiro atoms. The Morgan fingerprint density at radius 2 is 1.88 bits per heavy atom. The van der Waals surface area contributed by atoms with Crippen molar-refractivity contribution in [3.63, 3.8) is 0 Å². The summed E-state index contributed by atoms with van der Waals surface area (Å²) in [5.41, 5.74) is -0.877. The molecule has 0 heterocycles. The predicted molar refractivity (Wildman–Crippen MR) is 58.2 cm³/mol. The molecule has 0 saturated carbocycles. The molecule has 0 aromatic heterocycles.